The molecule has 0 spiro atoms. The van der Waals surface area contributed by atoms with Gasteiger partial charge in [-0.25, -0.2) is 9.97 Å². The van der Waals surface area contributed by atoms with Gasteiger partial charge in [0.2, 0.25) is 0 Å². The Balaban J connectivity index is 2.07. The van der Waals surface area contributed by atoms with Gasteiger partial charge < -0.3 is 10.6 Å². The molecule has 0 saturated carbocycles. The molecule has 1 aromatic rings. The highest BCUT2D eigenvalue weighted by atomic mass is 15.3. The molecular formula is C15H27N5. The number of piperazine rings is 1. The largest absolute Gasteiger partial charge is 0.384 e. The zero-order chi connectivity index (χ0) is 14.7. The molecule has 2 N–H and O–H groups in total. The second-order valence-corrected chi connectivity index (χ2v) is 5.94. The van der Waals surface area contributed by atoms with Crippen LogP contribution in [0.3, 0.4) is 0 Å². The maximum Gasteiger partial charge on any atom is 0.135 e. The average molecular weight is 277 g/mol. The highest BCUT2D eigenvalue weighted by Crippen LogP contribution is 2.20. The molecule has 1 aliphatic heterocycles. The molecule has 1 aliphatic rings. The monoisotopic (exact) mass is 277 g/mol. The van der Waals surface area contributed by atoms with Gasteiger partial charge in [-0.3, -0.25) is 4.90 Å². The van der Waals surface area contributed by atoms with Gasteiger partial charge in [-0.05, 0) is 13.3 Å². The topological polar surface area (TPSA) is 58.3 Å². The van der Waals surface area contributed by atoms with E-state index in [1.165, 1.54) is 6.42 Å². The highest BCUT2D eigenvalue weighted by molar-refractivity contribution is 5.47. The minimum atomic E-state index is 0.304. The highest BCUT2D eigenvalue weighted by Gasteiger charge is 2.21. The Kier molecular flexibility index (Phi) is 4.81. The van der Waals surface area contributed by atoms with Crippen molar-refractivity contribution in [3.05, 3.63) is 11.9 Å². The van der Waals surface area contributed by atoms with Crippen LogP contribution in [-0.4, -0.2) is 47.1 Å². The van der Waals surface area contributed by atoms with Crippen molar-refractivity contribution >= 4 is 11.6 Å². The first-order valence-electron chi connectivity index (χ1n) is 7.64. The maximum atomic E-state index is 5.91. The van der Waals surface area contributed by atoms with Crippen LogP contribution in [0.1, 0.15) is 45.9 Å². The van der Waals surface area contributed by atoms with Crippen LogP contribution in [0.2, 0.25) is 0 Å². The fraction of sp³-hybridized carbons (Fsp3) is 0.733. The number of rotatable bonds is 4. The molecule has 5 nitrogen and oxygen atoms in total. The fourth-order valence-corrected chi connectivity index (χ4v) is 2.54. The maximum absolute atomic E-state index is 5.91. The average Bonchev–Trinajstić information content (AvgIpc) is 2.46. The van der Waals surface area contributed by atoms with E-state index in [1.807, 2.05) is 6.07 Å². The van der Waals surface area contributed by atoms with E-state index in [0.717, 1.165) is 37.8 Å². The van der Waals surface area contributed by atoms with Gasteiger partial charge in [0.15, 0.2) is 0 Å². The van der Waals surface area contributed by atoms with Crippen LogP contribution < -0.4 is 10.6 Å². The summed E-state index contributed by atoms with van der Waals surface area (Å²) in [6.45, 7) is 13.0. The molecule has 2 heterocycles. The lowest BCUT2D eigenvalue weighted by molar-refractivity contribution is 0.192. The van der Waals surface area contributed by atoms with E-state index in [4.69, 9.17) is 5.73 Å². The molecule has 5 heteroatoms. The third kappa shape index (κ3) is 3.39. The number of nitrogens with two attached hydrogens (primary N) is 1. The molecule has 0 amide bonds. The van der Waals surface area contributed by atoms with Crippen LogP contribution in [-0.2, 0) is 0 Å². The van der Waals surface area contributed by atoms with Crippen molar-refractivity contribution in [1.82, 2.24) is 14.9 Å². The second kappa shape index (κ2) is 6.39. The summed E-state index contributed by atoms with van der Waals surface area (Å²) in [5.41, 5.74) is 5.91. The summed E-state index contributed by atoms with van der Waals surface area (Å²) in [5, 5.41) is 0. The fourth-order valence-electron chi connectivity index (χ4n) is 2.54. The number of anilines is 2. The Morgan fingerprint density at radius 1 is 1.15 bits per heavy atom. The van der Waals surface area contributed by atoms with Crippen molar-refractivity contribution < 1.29 is 0 Å². The van der Waals surface area contributed by atoms with Gasteiger partial charge in [0, 0.05) is 44.2 Å². The summed E-state index contributed by atoms with van der Waals surface area (Å²) in [6.07, 6.45) is 1.21. The molecule has 20 heavy (non-hydrogen) atoms. The lowest BCUT2D eigenvalue weighted by atomic mass is 10.2. The summed E-state index contributed by atoms with van der Waals surface area (Å²) in [7, 11) is 0. The summed E-state index contributed by atoms with van der Waals surface area (Å²) in [4.78, 5) is 13.8. The number of nitrogens with zero attached hydrogens (tertiary/aromatic N) is 4. The van der Waals surface area contributed by atoms with Crippen LogP contribution in [0, 0.1) is 0 Å². The summed E-state index contributed by atoms with van der Waals surface area (Å²) >= 11 is 0. The Bertz CT molecular complexity index is 438. The molecule has 1 unspecified atom stereocenters. The first-order valence-corrected chi connectivity index (χ1v) is 7.64. The van der Waals surface area contributed by atoms with Crippen LogP contribution in [0.25, 0.3) is 0 Å². The van der Waals surface area contributed by atoms with E-state index >= 15 is 0 Å². The van der Waals surface area contributed by atoms with Crippen LogP contribution in [0.4, 0.5) is 11.6 Å². The molecule has 1 fully saturated rings. The molecule has 1 aromatic heterocycles. The molecule has 0 bridgehead atoms. The van der Waals surface area contributed by atoms with Gasteiger partial charge in [0.1, 0.15) is 17.5 Å². The smallest absolute Gasteiger partial charge is 0.135 e. The molecule has 2 rings (SSSR count). The van der Waals surface area contributed by atoms with E-state index in [1.54, 1.807) is 0 Å². The Morgan fingerprint density at radius 2 is 1.80 bits per heavy atom. The van der Waals surface area contributed by atoms with E-state index in [0.29, 0.717) is 17.8 Å². The predicted octanol–water partition coefficient (Wildman–Crippen LogP) is 2.10. The molecule has 1 saturated heterocycles. The van der Waals surface area contributed by atoms with Crippen molar-refractivity contribution in [3.8, 4) is 0 Å². The number of nitrogen functional groups attached to an aromatic ring is 1. The minimum absolute atomic E-state index is 0.304. The zero-order valence-electron chi connectivity index (χ0n) is 13.1. The normalized spacial score (nSPS) is 18.6. The van der Waals surface area contributed by atoms with Gasteiger partial charge in [0.05, 0.1) is 0 Å². The molecule has 1 atom stereocenters. The van der Waals surface area contributed by atoms with Crippen molar-refractivity contribution in [3.63, 3.8) is 0 Å². The summed E-state index contributed by atoms with van der Waals surface area (Å²) < 4.78 is 0. The van der Waals surface area contributed by atoms with Crippen LogP contribution >= 0.6 is 0 Å². The molecular weight excluding hydrogens is 250 g/mol. The standard InChI is InChI=1S/C15H27N5/c1-5-12(4)19-6-8-20(9-7-19)14-10-13(16)17-15(18-14)11(2)3/h10-12H,5-9H2,1-4H3,(H2,16,17,18). The van der Waals surface area contributed by atoms with Gasteiger partial charge in [-0.2, -0.15) is 0 Å². The van der Waals surface area contributed by atoms with E-state index in [-0.39, 0.29) is 0 Å². The van der Waals surface area contributed by atoms with E-state index < -0.39 is 0 Å². The van der Waals surface area contributed by atoms with E-state index in [9.17, 15) is 0 Å². The van der Waals surface area contributed by atoms with Crippen molar-refractivity contribution in [1.29, 1.82) is 0 Å². The van der Waals surface area contributed by atoms with Crippen molar-refractivity contribution in [2.24, 2.45) is 0 Å². The van der Waals surface area contributed by atoms with Gasteiger partial charge in [-0.1, -0.05) is 20.8 Å². The third-order valence-corrected chi connectivity index (χ3v) is 4.12. The van der Waals surface area contributed by atoms with Gasteiger partial charge in [-0.15, -0.1) is 0 Å². The van der Waals surface area contributed by atoms with Crippen molar-refractivity contribution in [2.75, 3.05) is 36.8 Å². The molecule has 0 aromatic carbocycles. The number of hydrogen-bond acceptors (Lipinski definition) is 5. The summed E-state index contributed by atoms with van der Waals surface area (Å²) in [6, 6.07) is 2.56. The molecule has 0 radical (unpaired) electrons. The molecule has 112 valence electrons. The van der Waals surface area contributed by atoms with Gasteiger partial charge >= 0.3 is 0 Å². The quantitative estimate of drug-likeness (QED) is 0.913. The Labute approximate surface area is 122 Å². The SMILES string of the molecule is CCC(C)N1CCN(c2cc(N)nc(C(C)C)n2)CC1. The zero-order valence-corrected chi connectivity index (χ0v) is 13.1. The van der Waals surface area contributed by atoms with Gasteiger partial charge in [0.25, 0.3) is 0 Å². The first kappa shape index (κ1) is 15.0. The van der Waals surface area contributed by atoms with Crippen molar-refractivity contribution in [2.45, 2.75) is 46.1 Å². The predicted molar refractivity (Wildman–Crippen MR) is 84.1 cm³/mol. The molecule has 0 aliphatic carbocycles. The lowest BCUT2D eigenvalue weighted by Gasteiger charge is -2.38. The minimum Gasteiger partial charge on any atom is -0.384 e. The summed E-state index contributed by atoms with van der Waals surface area (Å²) in [5.74, 6) is 2.69. The second-order valence-electron chi connectivity index (χ2n) is 5.94. The number of aromatic nitrogens is 2. The van der Waals surface area contributed by atoms with E-state index in [2.05, 4.69) is 47.5 Å². The Hall–Kier alpha value is -1.36. The first-order chi connectivity index (χ1) is 9.51. The third-order valence-electron chi connectivity index (χ3n) is 4.12. The van der Waals surface area contributed by atoms with Crippen LogP contribution in [0.5, 0.6) is 0 Å². The number of hydrogen-bond donors (Lipinski definition) is 1. The van der Waals surface area contributed by atoms with Crippen LogP contribution in [0.15, 0.2) is 6.07 Å². The Morgan fingerprint density at radius 3 is 2.35 bits per heavy atom. The lowest BCUT2D eigenvalue weighted by Crippen LogP contribution is -2.49.